The van der Waals surface area contributed by atoms with Gasteiger partial charge in [0.25, 0.3) is 0 Å². The first-order chi connectivity index (χ1) is 9.29. The number of anilines is 3. The van der Waals surface area contributed by atoms with Crippen LogP contribution < -0.4 is 16.2 Å². The van der Waals surface area contributed by atoms with Gasteiger partial charge in [0.1, 0.15) is 4.90 Å². The largest absolute Gasteiger partial charge is 0.396 e. The second-order valence-electron chi connectivity index (χ2n) is 4.01. The molecule has 0 saturated heterocycles. The van der Waals surface area contributed by atoms with E-state index in [4.69, 9.17) is 22.5 Å². The van der Waals surface area contributed by atoms with Crippen LogP contribution >= 0.6 is 27.5 Å². The second-order valence-corrected chi connectivity index (χ2v) is 6.83. The standard InChI is InChI=1S/C12H11BrClN3O2S/c13-8-6-7(14)4-5-9(8)17-10-2-1-3-11(12(10)15)20(16,18)19/h1-6,17H,15H2,(H2,16,18,19). The molecule has 20 heavy (non-hydrogen) atoms. The first-order valence-corrected chi connectivity index (χ1v) is 8.14. The summed E-state index contributed by atoms with van der Waals surface area (Å²) in [6.45, 7) is 0. The topological polar surface area (TPSA) is 98.2 Å². The van der Waals surface area contributed by atoms with Crippen molar-refractivity contribution in [3.05, 3.63) is 45.9 Å². The fourth-order valence-electron chi connectivity index (χ4n) is 1.64. The van der Waals surface area contributed by atoms with Gasteiger partial charge in [-0.2, -0.15) is 0 Å². The van der Waals surface area contributed by atoms with E-state index in [1.54, 1.807) is 30.3 Å². The Kier molecular flexibility index (Phi) is 4.24. The summed E-state index contributed by atoms with van der Waals surface area (Å²) in [5, 5.41) is 8.71. The highest BCUT2D eigenvalue weighted by Gasteiger charge is 2.15. The number of primary sulfonamides is 1. The number of nitrogens with two attached hydrogens (primary N) is 2. The minimum Gasteiger partial charge on any atom is -0.396 e. The van der Waals surface area contributed by atoms with Crippen LogP contribution in [0, 0.1) is 0 Å². The number of hydrogen-bond acceptors (Lipinski definition) is 4. The highest BCUT2D eigenvalue weighted by Crippen LogP contribution is 2.32. The fraction of sp³-hybridized carbons (Fsp3) is 0. The quantitative estimate of drug-likeness (QED) is 0.717. The summed E-state index contributed by atoms with van der Waals surface area (Å²) in [6.07, 6.45) is 0. The van der Waals surface area contributed by atoms with Gasteiger partial charge in [-0.25, -0.2) is 13.6 Å². The maximum absolute atomic E-state index is 11.4. The number of benzene rings is 2. The maximum atomic E-state index is 11.4. The molecule has 8 heteroatoms. The van der Waals surface area contributed by atoms with Crippen molar-refractivity contribution in [1.29, 1.82) is 0 Å². The number of sulfonamides is 1. The molecule has 0 aliphatic rings. The highest BCUT2D eigenvalue weighted by molar-refractivity contribution is 9.10. The SMILES string of the molecule is Nc1c(Nc2ccc(Cl)cc2Br)cccc1S(N)(=O)=O. The summed E-state index contributed by atoms with van der Waals surface area (Å²) in [5.74, 6) is 0. The van der Waals surface area contributed by atoms with Gasteiger partial charge in [-0.3, -0.25) is 0 Å². The number of rotatable bonds is 3. The van der Waals surface area contributed by atoms with Gasteiger partial charge in [0.05, 0.1) is 17.1 Å². The fourth-order valence-corrected chi connectivity index (χ4v) is 3.10. The van der Waals surface area contributed by atoms with Crippen molar-refractivity contribution in [3.8, 4) is 0 Å². The van der Waals surface area contributed by atoms with Gasteiger partial charge >= 0.3 is 0 Å². The van der Waals surface area contributed by atoms with Crippen molar-refractivity contribution < 1.29 is 8.42 Å². The molecule has 0 heterocycles. The van der Waals surface area contributed by atoms with Crippen LogP contribution in [0.4, 0.5) is 17.1 Å². The third-order valence-corrected chi connectivity index (χ3v) is 4.43. The van der Waals surface area contributed by atoms with Crippen LogP contribution in [0.25, 0.3) is 0 Å². The molecule has 0 saturated carbocycles. The summed E-state index contributed by atoms with van der Waals surface area (Å²) in [4.78, 5) is -0.118. The average Bonchev–Trinajstić information content (AvgIpc) is 2.33. The molecule has 0 bridgehead atoms. The van der Waals surface area contributed by atoms with Gasteiger partial charge in [0.15, 0.2) is 0 Å². The highest BCUT2D eigenvalue weighted by atomic mass is 79.9. The Balaban J connectivity index is 2.45. The summed E-state index contributed by atoms with van der Waals surface area (Å²) in [7, 11) is -3.86. The Morgan fingerprint density at radius 2 is 1.85 bits per heavy atom. The van der Waals surface area contributed by atoms with E-state index in [1.807, 2.05) is 0 Å². The van der Waals surface area contributed by atoms with Gasteiger partial charge in [0, 0.05) is 9.50 Å². The summed E-state index contributed by atoms with van der Waals surface area (Å²) in [6, 6.07) is 9.73. The third kappa shape index (κ3) is 3.24. The van der Waals surface area contributed by atoms with Crippen LogP contribution in [-0.2, 0) is 10.0 Å². The van der Waals surface area contributed by atoms with Crippen molar-refractivity contribution in [3.63, 3.8) is 0 Å². The molecule has 0 unspecified atom stereocenters. The van der Waals surface area contributed by atoms with Crippen LogP contribution in [0.3, 0.4) is 0 Å². The third-order valence-electron chi connectivity index (χ3n) is 2.57. The normalized spacial score (nSPS) is 11.3. The Hall–Kier alpha value is -1.28. The van der Waals surface area contributed by atoms with Crippen LogP contribution in [0.2, 0.25) is 5.02 Å². The molecule has 0 radical (unpaired) electrons. The molecule has 0 aromatic heterocycles. The predicted molar refractivity (Wildman–Crippen MR) is 84.7 cm³/mol. The molecule has 106 valence electrons. The van der Waals surface area contributed by atoms with Crippen LogP contribution in [0.5, 0.6) is 0 Å². The summed E-state index contributed by atoms with van der Waals surface area (Å²) >= 11 is 9.21. The zero-order valence-electron chi connectivity index (χ0n) is 10.1. The number of para-hydroxylation sites is 1. The van der Waals surface area contributed by atoms with Gasteiger partial charge in [-0.05, 0) is 46.3 Å². The van der Waals surface area contributed by atoms with E-state index in [-0.39, 0.29) is 10.6 Å². The summed E-state index contributed by atoms with van der Waals surface area (Å²) in [5.41, 5.74) is 7.05. The van der Waals surface area contributed by atoms with E-state index in [1.165, 1.54) is 6.07 Å². The van der Waals surface area contributed by atoms with Gasteiger partial charge in [0.2, 0.25) is 10.0 Å². The minimum atomic E-state index is -3.86. The van der Waals surface area contributed by atoms with E-state index in [9.17, 15) is 8.42 Å². The maximum Gasteiger partial charge on any atom is 0.240 e. The van der Waals surface area contributed by atoms with Crippen LogP contribution in [-0.4, -0.2) is 8.42 Å². The van der Waals surface area contributed by atoms with Crippen molar-refractivity contribution in [1.82, 2.24) is 0 Å². The van der Waals surface area contributed by atoms with E-state index >= 15 is 0 Å². The zero-order chi connectivity index (χ0) is 14.9. The smallest absolute Gasteiger partial charge is 0.240 e. The summed E-state index contributed by atoms with van der Waals surface area (Å²) < 4.78 is 23.6. The number of hydrogen-bond donors (Lipinski definition) is 3. The van der Waals surface area contributed by atoms with Crippen LogP contribution in [0.15, 0.2) is 45.8 Å². The van der Waals surface area contributed by atoms with E-state index in [0.29, 0.717) is 16.4 Å². The molecule has 2 rings (SSSR count). The first kappa shape index (κ1) is 15.1. The lowest BCUT2D eigenvalue weighted by Crippen LogP contribution is -2.15. The predicted octanol–water partition coefficient (Wildman–Crippen LogP) is 3.08. The molecule has 0 fully saturated rings. The number of nitrogen functional groups attached to an aromatic ring is 1. The van der Waals surface area contributed by atoms with Crippen molar-refractivity contribution >= 4 is 54.6 Å². The molecule has 0 amide bonds. The molecule has 0 atom stereocenters. The van der Waals surface area contributed by atoms with Crippen molar-refractivity contribution in [2.45, 2.75) is 4.90 Å². The lowest BCUT2D eigenvalue weighted by atomic mass is 10.2. The van der Waals surface area contributed by atoms with Crippen molar-refractivity contribution in [2.75, 3.05) is 11.1 Å². The van der Waals surface area contributed by atoms with Gasteiger partial charge in [-0.1, -0.05) is 17.7 Å². The molecular weight excluding hydrogens is 366 g/mol. The van der Waals surface area contributed by atoms with Crippen molar-refractivity contribution in [2.24, 2.45) is 5.14 Å². The van der Waals surface area contributed by atoms with E-state index in [0.717, 1.165) is 4.47 Å². The lowest BCUT2D eigenvalue weighted by Gasteiger charge is -2.13. The number of nitrogens with one attached hydrogen (secondary N) is 1. The Morgan fingerprint density at radius 3 is 2.45 bits per heavy atom. The molecule has 2 aromatic rings. The molecular formula is C12H11BrClN3O2S. The Labute approximate surface area is 130 Å². The van der Waals surface area contributed by atoms with Gasteiger partial charge < -0.3 is 11.1 Å². The molecule has 0 aliphatic heterocycles. The minimum absolute atomic E-state index is 0.0665. The van der Waals surface area contributed by atoms with E-state index < -0.39 is 10.0 Å². The Bertz CT molecular complexity index is 765. The monoisotopic (exact) mass is 375 g/mol. The lowest BCUT2D eigenvalue weighted by molar-refractivity contribution is 0.598. The molecule has 2 aromatic carbocycles. The van der Waals surface area contributed by atoms with Crippen LogP contribution in [0.1, 0.15) is 0 Å². The average molecular weight is 377 g/mol. The molecule has 5 N–H and O–H groups in total. The molecule has 0 aliphatic carbocycles. The Morgan fingerprint density at radius 1 is 1.15 bits per heavy atom. The van der Waals surface area contributed by atoms with E-state index in [2.05, 4.69) is 21.2 Å². The second kappa shape index (κ2) is 5.61. The zero-order valence-corrected chi connectivity index (χ0v) is 13.3. The molecule has 5 nitrogen and oxygen atoms in total. The first-order valence-electron chi connectivity index (χ1n) is 5.42. The molecule has 0 spiro atoms. The number of halogens is 2. The van der Waals surface area contributed by atoms with Gasteiger partial charge in [-0.15, -0.1) is 0 Å².